The monoisotopic (exact) mass is 220 g/mol. The zero-order valence-electron chi connectivity index (χ0n) is 10.5. The molecule has 1 N–H and O–H groups in total. The smallest absolute Gasteiger partial charge is 0.0440 e. The lowest BCUT2D eigenvalue weighted by atomic mass is 10.1. The molecule has 1 heteroatoms. The van der Waals surface area contributed by atoms with E-state index in [2.05, 4.69) is 30.6 Å². The van der Waals surface area contributed by atoms with Gasteiger partial charge in [0.2, 0.25) is 0 Å². The fraction of sp³-hybridized carbons (Fsp3) is 0.733. The first-order chi connectivity index (χ1) is 7.91. The van der Waals surface area contributed by atoms with Crippen LogP contribution in [-0.2, 0) is 0 Å². The van der Waals surface area contributed by atoms with Gasteiger partial charge < -0.3 is 5.11 Å². The summed E-state index contributed by atoms with van der Waals surface area (Å²) in [6, 6.07) is 0. The molecular weight excluding hydrogens is 196 g/mol. The Morgan fingerprint density at radius 3 is 1.94 bits per heavy atom. The molecular formula is C15H24O. The van der Waals surface area contributed by atoms with Crippen molar-refractivity contribution in [2.75, 3.05) is 6.61 Å². The summed E-state index contributed by atoms with van der Waals surface area (Å²) in [6.07, 6.45) is 10.4. The molecule has 0 aliphatic carbocycles. The van der Waals surface area contributed by atoms with E-state index in [0.29, 0.717) is 0 Å². The lowest BCUT2D eigenvalue weighted by Gasteiger charge is -1.96. The van der Waals surface area contributed by atoms with Crippen LogP contribution in [-0.4, -0.2) is 11.7 Å². The van der Waals surface area contributed by atoms with Crippen molar-refractivity contribution >= 4 is 0 Å². The fourth-order valence-electron chi connectivity index (χ4n) is 1.37. The van der Waals surface area contributed by atoms with E-state index in [0.717, 1.165) is 19.3 Å². The summed E-state index contributed by atoms with van der Waals surface area (Å²) in [6.45, 7) is 2.46. The van der Waals surface area contributed by atoms with Crippen molar-refractivity contribution in [1.82, 2.24) is 0 Å². The van der Waals surface area contributed by atoms with Gasteiger partial charge in [0.15, 0.2) is 0 Å². The molecule has 0 spiro atoms. The maximum absolute atomic E-state index is 8.52. The minimum atomic E-state index is 0.222. The molecule has 0 aromatic rings. The predicted octanol–water partition coefficient (Wildman–Crippen LogP) is 3.52. The number of hydrogen-bond donors (Lipinski definition) is 1. The summed E-state index contributed by atoms with van der Waals surface area (Å²) in [5, 5.41) is 8.52. The van der Waals surface area contributed by atoms with Gasteiger partial charge in [-0.15, -0.1) is 0 Å². The molecule has 0 bridgehead atoms. The second-order valence-corrected chi connectivity index (χ2v) is 3.95. The van der Waals surface area contributed by atoms with Crippen LogP contribution in [0, 0.1) is 23.7 Å². The van der Waals surface area contributed by atoms with Gasteiger partial charge in [0.05, 0.1) is 0 Å². The zero-order valence-corrected chi connectivity index (χ0v) is 10.5. The average molecular weight is 220 g/mol. The largest absolute Gasteiger partial charge is 0.396 e. The summed E-state index contributed by atoms with van der Waals surface area (Å²) in [4.78, 5) is 0. The van der Waals surface area contributed by atoms with Gasteiger partial charge in [-0.2, -0.15) is 0 Å². The van der Waals surface area contributed by atoms with Crippen molar-refractivity contribution in [3.8, 4) is 23.7 Å². The third-order valence-electron chi connectivity index (χ3n) is 2.35. The molecule has 1 nitrogen and oxygen atoms in total. The van der Waals surface area contributed by atoms with Crippen molar-refractivity contribution in [1.29, 1.82) is 0 Å². The molecule has 0 aliphatic heterocycles. The van der Waals surface area contributed by atoms with Crippen LogP contribution in [0.5, 0.6) is 0 Å². The highest BCUT2D eigenvalue weighted by atomic mass is 16.2. The van der Waals surface area contributed by atoms with Gasteiger partial charge in [-0.3, -0.25) is 0 Å². The number of aliphatic hydroxyl groups excluding tert-OH is 1. The number of rotatable bonds is 8. The minimum Gasteiger partial charge on any atom is -0.396 e. The van der Waals surface area contributed by atoms with Crippen LogP contribution in [0.25, 0.3) is 0 Å². The molecule has 0 radical (unpaired) electrons. The van der Waals surface area contributed by atoms with Crippen LogP contribution < -0.4 is 0 Å². The van der Waals surface area contributed by atoms with Gasteiger partial charge in [0, 0.05) is 19.4 Å². The molecule has 0 fully saturated rings. The molecule has 90 valence electrons. The van der Waals surface area contributed by atoms with Crippen molar-refractivity contribution in [3.63, 3.8) is 0 Å². The highest BCUT2D eigenvalue weighted by Gasteiger charge is 1.87. The first-order valence-corrected chi connectivity index (χ1v) is 6.48. The van der Waals surface area contributed by atoms with E-state index in [1.807, 2.05) is 0 Å². The van der Waals surface area contributed by atoms with E-state index in [4.69, 9.17) is 5.11 Å². The summed E-state index contributed by atoms with van der Waals surface area (Å²) < 4.78 is 0. The van der Waals surface area contributed by atoms with Crippen molar-refractivity contribution in [2.24, 2.45) is 0 Å². The highest BCUT2D eigenvalue weighted by Crippen LogP contribution is 2.05. The quantitative estimate of drug-likeness (QED) is 0.490. The van der Waals surface area contributed by atoms with E-state index in [1.54, 1.807) is 0 Å². The van der Waals surface area contributed by atoms with Crippen molar-refractivity contribution in [2.45, 2.75) is 64.7 Å². The summed E-state index contributed by atoms with van der Waals surface area (Å²) in [7, 11) is 0. The Kier molecular flexibility index (Phi) is 13.3. The second kappa shape index (κ2) is 14.1. The molecule has 0 rings (SSSR count). The molecule has 0 saturated heterocycles. The number of unbranched alkanes of at least 4 members (excludes halogenated alkanes) is 7. The topological polar surface area (TPSA) is 20.2 Å². The maximum Gasteiger partial charge on any atom is 0.0440 e. The fourth-order valence-corrected chi connectivity index (χ4v) is 1.37. The summed E-state index contributed by atoms with van der Waals surface area (Å²) >= 11 is 0. The van der Waals surface area contributed by atoms with E-state index in [9.17, 15) is 0 Å². The summed E-state index contributed by atoms with van der Waals surface area (Å²) in [5.74, 6) is 11.7. The Labute approximate surface area is 101 Å². The first kappa shape index (κ1) is 15.1. The lowest BCUT2D eigenvalue weighted by molar-refractivity contribution is 0.290. The van der Waals surface area contributed by atoms with Crippen LogP contribution in [0.3, 0.4) is 0 Å². The van der Waals surface area contributed by atoms with E-state index in [-0.39, 0.29) is 6.61 Å². The van der Waals surface area contributed by atoms with E-state index >= 15 is 0 Å². The Balaban J connectivity index is 3.23. The van der Waals surface area contributed by atoms with Gasteiger partial charge in [-0.05, 0) is 24.7 Å². The molecule has 0 atom stereocenters. The molecule has 0 amide bonds. The van der Waals surface area contributed by atoms with Gasteiger partial charge >= 0.3 is 0 Å². The molecule has 0 heterocycles. The number of aliphatic hydroxyl groups is 1. The standard InChI is InChI=1S/C15H24O/c1-2-3-4-5-6-7-8-9-10-11-12-13-14-15-16/h16H,2-8,13-15H2,1H3. The highest BCUT2D eigenvalue weighted by molar-refractivity contribution is 5.25. The first-order valence-electron chi connectivity index (χ1n) is 6.48. The molecule has 0 aliphatic rings. The average Bonchev–Trinajstić information content (AvgIpc) is 2.31. The van der Waals surface area contributed by atoms with Crippen LogP contribution in [0.1, 0.15) is 64.7 Å². The number of hydrogen-bond acceptors (Lipinski definition) is 1. The van der Waals surface area contributed by atoms with Gasteiger partial charge in [-0.1, -0.05) is 50.9 Å². The van der Waals surface area contributed by atoms with Crippen LogP contribution in [0.4, 0.5) is 0 Å². The van der Waals surface area contributed by atoms with E-state index in [1.165, 1.54) is 38.5 Å². The lowest BCUT2D eigenvalue weighted by Crippen LogP contribution is -1.78. The Morgan fingerprint density at radius 1 is 0.750 bits per heavy atom. The van der Waals surface area contributed by atoms with Crippen LogP contribution >= 0.6 is 0 Å². The second-order valence-electron chi connectivity index (χ2n) is 3.95. The Bertz CT molecular complexity index is 246. The van der Waals surface area contributed by atoms with Gasteiger partial charge in [0.1, 0.15) is 0 Å². The minimum absolute atomic E-state index is 0.222. The Morgan fingerprint density at radius 2 is 1.31 bits per heavy atom. The van der Waals surface area contributed by atoms with Crippen LogP contribution in [0.2, 0.25) is 0 Å². The van der Waals surface area contributed by atoms with E-state index < -0.39 is 0 Å². The molecule has 0 aromatic carbocycles. The Hall–Kier alpha value is -0.920. The van der Waals surface area contributed by atoms with Crippen molar-refractivity contribution in [3.05, 3.63) is 0 Å². The maximum atomic E-state index is 8.52. The predicted molar refractivity (Wildman–Crippen MR) is 69.9 cm³/mol. The molecule has 0 aromatic heterocycles. The summed E-state index contributed by atoms with van der Waals surface area (Å²) in [5.41, 5.74) is 0. The normalized spacial score (nSPS) is 8.88. The molecule has 0 saturated carbocycles. The third kappa shape index (κ3) is 13.1. The molecule has 0 unspecified atom stereocenters. The van der Waals surface area contributed by atoms with Gasteiger partial charge in [0.25, 0.3) is 0 Å². The van der Waals surface area contributed by atoms with Crippen LogP contribution in [0.15, 0.2) is 0 Å². The third-order valence-corrected chi connectivity index (χ3v) is 2.35. The van der Waals surface area contributed by atoms with Crippen molar-refractivity contribution < 1.29 is 5.11 Å². The zero-order chi connectivity index (χ0) is 11.9. The molecule has 16 heavy (non-hydrogen) atoms. The SMILES string of the molecule is CCCCCCCCC#CC#CCCCO. The van der Waals surface area contributed by atoms with Gasteiger partial charge in [-0.25, -0.2) is 0 Å².